The van der Waals surface area contributed by atoms with Crippen LogP contribution >= 0.6 is 0 Å². The average Bonchev–Trinajstić information content (AvgIpc) is 2.27. The number of rotatable bonds is 11. The Morgan fingerprint density at radius 1 is 1.41 bits per heavy atom. The Bertz CT molecular complexity index is 189. The Kier molecular flexibility index (Phi) is 10.4. The fourth-order valence-corrected chi connectivity index (χ4v) is 1.49. The highest BCUT2D eigenvalue weighted by Gasteiger charge is 2.12. The molecule has 0 heterocycles. The molecule has 0 saturated heterocycles. The summed E-state index contributed by atoms with van der Waals surface area (Å²) < 4.78 is 10.3. The van der Waals surface area contributed by atoms with Gasteiger partial charge in [-0.2, -0.15) is 0 Å². The van der Waals surface area contributed by atoms with Crippen molar-refractivity contribution in [2.45, 2.75) is 19.1 Å². The monoisotopic (exact) mass is 247 g/mol. The van der Waals surface area contributed by atoms with Gasteiger partial charge in [-0.3, -0.25) is 4.90 Å². The second-order valence-corrected chi connectivity index (χ2v) is 4.02. The third-order valence-electron chi connectivity index (χ3n) is 2.25. The Morgan fingerprint density at radius 3 is 2.65 bits per heavy atom. The summed E-state index contributed by atoms with van der Waals surface area (Å²) in [6, 6.07) is 0. The first-order valence-corrected chi connectivity index (χ1v) is 5.86. The summed E-state index contributed by atoms with van der Waals surface area (Å²) in [5, 5.41) is 18.6. The second-order valence-electron chi connectivity index (χ2n) is 4.02. The van der Waals surface area contributed by atoms with Crippen LogP contribution in [0.3, 0.4) is 0 Å². The topological polar surface area (TPSA) is 62.2 Å². The SMILES string of the molecule is C=CCN(CCO)CC(O)COC(C)COC. The normalized spacial score (nSPS) is 14.9. The van der Waals surface area contributed by atoms with Crippen molar-refractivity contribution in [2.24, 2.45) is 0 Å². The molecule has 0 aromatic rings. The lowest BCUT2D eigenvalue weighted by atomic mass is 10.3. The third kappa shape index (κ3) is 9.26. The van der Waals surface area contributed by atoms with Gasteiger partial charge in [0.15, 0.2) is 0 Å². The van der Waals surface area contributed by atoms with Gasteiger partial charge >= 0.3 is 0 Å². The van der Waals surface area contributed by atoms with E-state index in [1.807, 2.05) is 11.8 Å². The van der Waals surface area contributed by atoms with E-state index in [2.05, 4.69) is 6.58 Å². The maximum Gasteiger partial charge on any atom is 0.0900 e. The predicted octanol–water partition coefficient (Wildman–Crippen LogP) is -0.121. The number of hydrogen-bond acceptors (Lipinski definition) is 5. The second kappa shape index (κ2) is 10.7. The fourth-order valence-electron chi connectivity index (χ4n) is 1.49. The molecule has 5 nitrogen and oxygen atoms in total. The van der Waals surface area contributed by atoms with Gasteiger partial charge in [0.2, 0.25) is 0 Å². The maximum atomic E-state index is 9.77. The molecular formula is C12H25NO4. The Labute approximate surface area is 104 Å². The van der Waals surface area contributed by atoms with Crippen molar-refractivity contribution in [3.63, 3.8) is 0 Å². The highest BCUT2D eigenvalue weighted by molar-refractivity contribution is 4.75. The molecule has 5 heteroatoms. The summed E-state index contributed by atoms with van der Waals surface area (Å²) in [4.78, 5) is 1.92. The van der Waals surface area contributed by atoms with E-state index in [1.54, 1.807) is 13.2 Å². The van der Waals surface area contributed by atoms with Crippen molar-refractivity contribution >= 4 is 0 Å². The summed E-state index contributed by atoms with van der Waals surface area (Å²) in [5.41, 5.74) is 0. The van der Waals surface area contributed by atoms with E-state index in [1.165, 1.54) is 0 Å². The molecule has 102 valence electrons. The van der Waals surface area contributed by atoms with Crippen molar-refractivity contribution in [1.29, 1.82) is 0 Å². The molecule has 0 spiro atoms. The van der Waals surface area contributed by atoms with Gasteiger partial charge in [0.05, 0.1) is 32.0 Å². The van der Waals surface area contributed by atoms with Gasteiger partial charge in [-0.15, -0.1) is 6.58 Å². The molecule has 17 heavy (non-hydrogen) atoms. The van der Waals surface area contributed by atoms with Gasteiger partial charge in [0.1, 0.15) is 0 Å². The number of methoxy groups -OCH3 is 1. The van der Waals surface area contributed by atoms with E-state index in [0.29, 0.717) is 26.2 Å². The van der Waals surface area contributed by atoms with Crippen LogP contribution in [0, 0.1) is 0 Å². The van der Waals surface area contributed by atoms with Crippen LogP contribution in [0.2, 0.25) is 0 Å². The Balaban J connectivity index is 3.79. The van der Waals surface area contributed by atoms with Gasteiger partial charge in [-0.25, -0.2) is 0 Å². The lowest BCUT2D eigenvalue weighted by molar-refractivity contribution is -0.0396. The number of aliphatic hydroxyl groups is 2. The molecule has 0 fully saturated rings. The summed E-state index contributed by atoms with van der Waals surface area (Å²) >= 11 is 0. The van der Waals surface area contributed by atoms with Crippen LogP contribution in [-0.2, 0) is 9.47 Å². The molecule has 2 atom stereocenters. The summed E-state index contributed by atoms with van der Waals surface area (Å²) in [6.07, 6.45) is 1.15. The minimum absolute atomic E-state index is 0.0275. The number of nitrogens with zero attached hydrogens (tertiary/aromatic N) is 1. The minimum atomic E-state index is -0.569. The van der Waals surface area contributed by atoms with E-state index < -0.39 is 6.10 Å². The lowest BCUT2D eigenvalue weighted by Crippen LogP contribution is -2.37. The van der Waals surface area contributed by atoms with Gasteiger partial charge in [-0.1, -0.05) is 6.08 Å². The van der Waals surface area contributed by atoms with Crippen LogP contribution in [-0.4, -0.2) is 73.9 Å². The fraction of sp³-hybridized carbons (Fsp3) is 0.833. The summed E-state index contributed by atoms with van der Waals surface area (Å²) in [7, 11) is 1.61. The van der Waals surface area contributed by atoms with Crippen LogP contribution in [0.15, 0.2) is 12.7 Å². The Morgan fingerprint density at radius 2 is 2.12 bits per heavy atom. The number of aliphatic hydroxyl groups excluding tert-OH is 2. The average molecular weight is 247 g/mol. The maximum absolute atomic E-state index is 9.77. The number of ether oxygens (including phenoxy) is 2. The molecular weight excluding hydrogens is 222 g/mol. The zero-order chi connectivity index (χ0) is 13.1. The molecule has 0 bridgehead atoms. The molecule has 0 rings (SSSR count). The van der Waals surface area contributed by atoms with Crippen LogP contribution in [0.25, 0.3) is 0 Å². The molecule has 0 amide bonds. The summed E-state index contributed by atoms with van der Waals surface area (Å²) in [5.74, 6) is 0. The van der Waals surface area contributed by atoms with Crippen molar-refractivity contribution in [1.82, 2.24) is 4.90 Å². The Hall–Kier alpha value is -0.460. The molecule has 0 aromatic heterocycles. The first-order chi connectivity index (χ1) is 8.13. The highest BCUT2D eigenvalue weighted by atomic mass is 16.5. The van der Waals surface area contributed by atoms with E-state index in [4.69, 9.17) is 14.6 Å². The van der Waals surface area contributed by atoms with Gasteiger partial charge in [0, 0.05) is 26.7 Å². The van der Waals surface area contributed by atoms with E-state index >= 15 is 0 Å². The molecule has 0 aliphatic carbocycles. The highest BCUT2D eigenvalue weighted by Crippen LogP contribution is 1.97. The zero-order valence-electron chi connectivity index (χ0n) is 10.8. The largest absolute Gasteiger partial charge is 0.395 e. The molecule has 0 aliphatic rings. The molecule has 0 aromatic carbocycles. The molecule has 2 N–H and O–H groups in total. The molecule has 0 radical (unpaired) electrons. The smallest absolute Gasteiger partial charge is 0.0900 e. The van der Waals surface area contributed by atoms with Crippen LogP contribution < -0.4 is 0 Å². The first-order valence-electron chi connectivity index (χ1n) is 5.86. The predicted molar refractivity (Wildman–Crippen MR) is 67.0 cm³/mol. The number of hydrogen-bond donors (Lipinski definition) is 2. The third-order valence-corrected chi connectivity index (χ3v) is 2.25. The lowest BCUT2D eigenvalue weighted by Gasteiger charge is -2.23. The quantitative estimate of drug-likeness (QED) is 0.498. The molecule has 0 saturated carbocycles. The van der Waals surface area contributed by atoms with Crippen molar-refractivity contribution in [2.75, 3.05) is 46.6 Å². The standard InChI is InChI=1S/C12H25NO4/c1-4-5-13(6-7-14)8-12(15)10-17-11(2)9-16-3/h4,11-12,14-15H,1,5-10H2,2-3H3. The van der Waals surface area contributed by atoms with Gasteiger partial charge < -0.3 is 19.7 Å². The molecule has 2 unspecified atom stereocenters. The van der Waals surface area contributed by atoms with E-state index in [-0.39, 0.29) is 19.3 Å². The van der Waals surface area contributed by atoms with Crippen LogP contribution in [0.1, 0.15) is 6.92 Å². The van der Waals surface area contributed by atoms with E-state index in [0.717, 1.165) is 0 Å². The van der Waals surface area contributed by atoms with Crippen LogP contribution in [0.5, 0.6) is 0 Å². The van der Waals surface area contributed by atoms with E-state index in [9.17, 15) is 5.11 Å². The van der Waals surface area contributed by atoms with Crippen molar-refractivity contribution in [3.8, 4) is 0 Å². The molecule has 0 aliphatic heterocycles. The van der Waals surface area contributed by atoms with Crippen LogP contribution in [0.4, 0.5) is 0 Å². The minimum Gasteiger partial charge on any atom is -0.395 e. The van der Waals surface area contributed by atoms with Crippen molar-refractivity contribution < 1.29 is 19.7 Å². The zero-order valence-corrected chi connectivity index (χ0v) is 10.8. The van der Waals surface area contributed by atoms with Crippen molar-refractivity contribution in [3.05, 3.63) is 12.7 Å². The van der Waals surface area contributed by atoms with Gasteiger partial charge in [0.25, 0.3) is 0 Å². The summed E-state index contributed by atoms with van der Waals surface area (Å²) in [6.45, 7) is 8.02. The first kappa shape index (κ1) is 16.5. The van der Waals surface area contributed by atoms with Gasteiger partial charge in [-0.05, 0) is 6.92 Å².